The Hall–Kier alpha value is 0.440. The van der Waals surface area contributed by atoms with E-state index in [1.54, 1.807) is 0 Å². The second-order valence-corrected chi connectivity index (χ2v) is 7.15. The van der Waals surface area contributed by atoms with Crippen molar-refractivity contribution in [2.24, 2.45) is 17.2 Å². The number of carbonyl (C=O) groups excluding carboxylic acids is 1. The lowest BCUT2D eigenvalue weighted by Crippen LogP contribution is -2.40. The van der Waals surface area contributed by atoms with Crippen LogP contribution in [-0.4, -0.2) is 60.7 Å². The van der Waals surface area contributed by atoms with Crippen molar-refractivity contribution in [3.05, 3.63) is 0 Å². The minimum atomic E-state index is -2.35. The van der Waals surface area contributed by atoms with E-state index in [4.69, 9.17) is 37.6 Å². The molecule has 10 N–H and O–H groups in total. The van der Waals surface area contributed by atoms with E-state index in [2.05, 4.69) is 0 Å². The number of hydrogen-bond donors (Lipinski definition) is 7. The van der Waals surface area contributed by atoms with E-state index in [1.165, 1.54) is 0 Å². The van der Waals surface area contributed by atoms with E-state index in [1.807, 2.05) is 0 Å². The molecular weight excluding hydrogens is 302 g/mol. The van der Waals surface area contributed by atoms with Crippen molar-refractivity contribution in [2.75, 3.05) is 18.8 Å². The van der Waals surface area contributed by atoms with Gasteiger partial charge in [0.25, 0.3) is 0 Å². The molecule has 0 rings (SSSR count). The zero-order valence-corrected chi connectivity index (χ0v) is 11.8. The average molecular weight is 319 g/mol. The van der Waals surface area contributed by atoms with Gasteiger partial charge in [-0.15, -0.1) is 0 Å². The SMILES string of the molecule is NCC(O)(O)SSC[C@H](N)C(=O)SC(O)(O)CN. The first kappa shape index (κ1) is 18.4. The van der Waals surface area contributed by atoms with E-state index in [-0.39, 0.29) is 24.1 Å². The van der Waals surface area contributed by atoms with Crippen molar-refractivity contribution in [3.63, 3.8) is 0 Å². The van der Waals surface area contributed by atoms with Gasteiger partial charge in [-0.2, -0.15) is 0 Å². The lowest BCUT2D eigenvalue weighted by atomic mass is 10.4. The maximum Gasteiger partial charge on any atom is 0.235 e. The number of nitrogens with two attached hydrogens (primary N) is 3. The highest BCUT2D eigenvalue weighted by Crippen LogP contribution is 2.32. The Balaban J connectivity index is 4.03. The monoisotopic (exact) mass is 319 g/mol. The first-order valence-electron chi connectivity index (χ1n) is 4.72. The Bertz CT molecular complexity index is 279. The van der Waals surface area contributed by atoms with Gasteiger partial charge in [0.15, 0.2) is 0 Å². The molecule has 1 atom stereocenters. The molecule has 0 radical (unpaired) electrons. The molecule has 0 aliphatic heterocycles. The van der Waals surface area contributed by atoms with E-state index >= 15 is 0 Å². The molecule has 8 nitrogen and oxygen atoms in total. The lowest BCUT2D eigenvalue weighted by Gasteiger charge is -2.20. The van der Waals surface area contributed by atoms with Crippen molar-refractivity contribution in [3.8, 4) is 0 Å². The maximum atomic E-state index is 11.4. The summed E-state index contributed by atoms with van der Waals surface area (Å²) in [6, 6.07) is -0.994. The third-order valence-electron chi connectivity index (χ3n) is 1.54. The summed E-state index contributed by atoms with van der Waals surface area (Å²) in [6.07, 6.45) is 0. The molecule has 108 valence electrons. The summed E-state index contributed by atoms with van der Waals surface area (Å²) in [6.45, 7) is -0.881. The van der Waals surface area contributed by atoms with Gasteiger partial charge in [-0.3, -0.25) is 4.79 Å². The van der Waals surface area contributed by atoms with Crippen LogP contribution >= 0.6 is 33.3 Å². The Morgan fingerprint density at radius 1 is 1.11 bits per heavy atom. The number of thioether (sulfide) groups is 1. The molecule has 0 aromatic heterocycles. The molecule has 18 heavy (non-hydrogen) atoms. The first-order valence-corrected chi connectivity index (χ1v) is 7.86. The smallest absolute Gasteiger partial charge is 0.235 e. The molecule has 0 aromatic rings. The van der Waals surface area contributed by atoms with Crippen LogP contribution in [0.5, 0.6) is 0 Å². The number of aliphatic hydroxyl groups is 4. The van der Waals surface area contributed by atoms with Crippen LogP contribution in [0.1, 0.15) is 0 Å². The summed E-state index contributed by atoms with van der Waals surface area (Å²) < 4.78 is 0. The average Bonchev–Trinajstić information content (AvgIpc) is 2.28. The van der Waals surface area contributed by atoms with Crippen molar-refractivity contribution >= 4 is 38.5 Å². The normalized spacial score (nSPS) is 14.6. The van der Waals surface area contributed by atoms with E-state index in [9.17, 15) is 4.79 Å². The lowest BCUT2D eigenvalue weighted by molar-refractivity contribution is -0.113. The Morgan fingerprint density at radius 2 is 1.61 bits per heavy atom. The zero-order chi connectivity index (χ0) is 14.4. The van der Waals surface area contributed by atoms with Gasteiger partial charge < -0.3 is 37.6 Å². The van der Waals surface area contributed by atoms with Gasteiger partial charge in [0.05, 0.1) is 19.1 Å². The summed E-state index contributed by atoms with van der Waals surface area (Å²) in [4.78, 5) is 11.4. The van der Waals surface area contributed by atoms with Gasteiger partial charge in [0.2, 0.25) is 15.4 Å². The molecule has 0 aliphatic carbocycles. The van der Waals surface area contributed by atoms with E-state index < -0.39 is 27.9 Å². The van der Waals surface area contributed by atoms with Crippen LogP contribution in [0.4, 0.5) is 0 Å². The fourth-order valence-corrected chi connectivity index (χ4v) is 3.37. The molecule has 0 fully saturated rings. The molecule has 0 amide bonds. The molecule has 0 aliphatic rings. The van der Waals surface area contributed by atoms with Gasteiger partial charge in [0, 0.05) is 5.75 Å². The van der Waals surface area contributed by atoms with Crippen LogP contribution in [0.25, 0.3) is 0 Å². The molecule has 0 aromatic carbocycles. The van der Waals surface area contributed by atoms with Crippen molar-refractivity contribution in [1.82, 2.24) is 0 Å². The van der Waals surface area contributed by atoms with Crippen LogP contribution in [0, 0.1) is 0 Å². The summed E-state index contributed by atoms with van der Waals surface area (Å²) in [5, 5.41) is 31.5. The van der Waals surface area contributed by atoms with Crippen LogP contribution in [-0.2, 0) is 4.79 Å². The van der Waals surface area contributed by atoms with Crippen molar-refractivity contribution < 1.29 is 25.2 Å². The van der Waals surface area contributed by atoms with Gasteiger partial charge in [0.1, 0.15) is 0 Å². The third-order valence-corrected chi connectivity index (χ3v) is 5.15. The maximum absolute atomic E-state index is 11.4. The highest BCUT2D eigenvalue weighted by atomic mass is 33.1. The van der Waals surface area contributed by atoms with Gasteiger partial charge >= 0.3 is 0 Å². The number of carbonyl (C=O) groups is 1. The highest BCUT2D eigenvalue weighted by molar-refractivity contribution is 8.77. The third kappa shape index (κ3) is 7.78. The fraction of sp³-hybridized carbons (Fsp3) is 0.857. The van der Waals surface area contributed by atoms with Crippen LogP contribution in [0.15, 0.2) is 0 Å². The van der Waals surface area contributed by atoms with Gasteiger partial charge in [-0.25, -0.2) is 0 Å². The predicted molar refractivity (Wildman–Crippen MR) is 73.1 cm³/mol. The number of hydrogen-bond acceptors (Lipinski definition) is 11. The summed E-state index contributed by atoms with van der Waals surface area (Å²) >= 11 is 0.224. The van der Waals surface area contributed by atoms with Crippen molar-refractivity contribution in [1.29, 1.82) is 0 Å². The van der Waals surface area contributed by atoms with Crippen LogP contribution in [0.3, 0.4) is 0 Å². The van der Waals surface area contributed by atoms with Crippen LogP contribution in [0.2, 0.25) is 0 Å². The summed E-state index contributed by atoms with van der Waals surface area (Å²) in [5.74, 6) is 0.0556. The second-order valence-electron chi connectivity index (χ2n) is 3.29. The van der Waals surface area contributed by atoms with Gasteiger partial charge in [-0.05, 0) is 22.6 Å². The van der Waals surface area contributed by atoms with Crippen molar-refractivity contribution in [2.45, 2.75) is 16.3 Å². The van der Waals surface area contributed by atoms with Gasteiger partial charge in [-0.1, -0.05) is 10.8 Å². The second kappa shape index (κ2) is 7.89. The topological polar surface area (TPSA) is 176 Å². The molecule has 11 heteroatoms. The highest BCUT2D eigenvalue weighted by Gasteiger charge is 2.30. The summed E-state index contributed by atoms with van der Waals surface area (Å²) in [7, 11) is 1.60. The Morgan fingerprint density at radius 3 is 2.06 bits per heavy atom. The molecule has 0 spiro atoms. The standard InChI is InChI=1S/C7H17N3O5S3/c8-2-6(12,13)17-5(11)4(10)1-16-18-7(14,15)3-9/h4,12-15H,1-3,8-10H2/t4-/m0/s1. The summed E-state index contributed by atoms with van der Waals surface area (Å²) in [5.41, 5.74) is 15.6. The molecule has 0 saturated heterocycles. The van der Waals surface area contributed by atoms with E-state index in [0.717, 1.165) is 10.8 Å². The fourth-order valence-electron chi connectivity index (χ4n) is 0.582. The largest absolute Gasteiger partial charge is 0.356 e. The molecule has 0 heterocycles. The molecular formula is C7H17N3O5S3. The molecule has 0 bridgehead atoms. The first-order chi connectivity index (χ1) is 8.13. The molecule has 0 unspecified atom stereocenters. The minimum Gasteiger partial charge on any atom is -0.356 e. The number of rotatable bonds is 8. The quantitative estimate of drug-likeness (QED) is 0.181. The minimum absolute atomic E-state index is 0.0556. The Labute approximate surface area is 116 Å². The van der Waals surface area contributed by atoms with E-state index in [0.29, 0.717) is 10.8 Å². The van der Waals surface area contributed by atoms with Crippen LogP contribution < -0.4 is 17.2 Å². The predicted octanol–water partition coefficient (Wildman–Crippen LogP) is -2.85. The molecule has 0 saturated carbocycles. The zero-order valence-electron chi connectivity index (χ0n) is 9.35. The Kier molecular flexibility index (Phi) is 8.08.